The van der Waals surface area contributed by atoms with Crippen molar-refractivity contribution in [2.75, 3.05) is 5.75 Å². The summed E-state index contributed by atoms with van der Waals surface area (Å²) in [4.78, 5) is 16.4. The van der Waals surface area contributed by atoms with Gasteiger partial charge in [0, 0.05) is 57.6 Å². The lowest BCUT2D eigenvalue weighted by Gasteiger charge is -2.15. The number of benzene rings is 4. The fraction of sp³-hybridized carbons (Fsp3) is 0.0294. The maximum atomic E-state index is 5.14. The number of hydrogen-bond acceptors (Lipinski definition) is 5. The van der Waals surface area contributed by atoms with Crippen molar-refractivity contribution in [2.24, 2.45) is 0 Å². The van der Waals surface area contributed by atoms with E-state index in [1.165, 1.54) is 20.2 Å². The highest BCUT2D eigenvalue weighted by Crippen LogP contribution is 2.41. The van der Waals surface area contributed by atoms with Gasteiger partial charge >= 0.3 is 0 Å². The first-order valence-corrected chi connectivity index (χ1v) is 15.5. The molecule has 0 unspecified atom stereocenters. The van der Waals surface area contributed by atoms with Crippen molar-refractivity contribution >= 4 is 64.8 Å². The zero-order valence-electron chi connectivity index (χ0n) is 21.3. The maximum Gasteiger partial charge on any atom is 0.165 e. The van der Waals surface area contributed by atoms with Gasteiger partial charge in [-0.3, -0.25) is 0 Å². The summed E-state index contributed by atoms with van der Waals surface area (Å²) in [6.45, 7) is 4.44. The van der Waals surface area contributed by atoms with Gasteiger partial charge in [0.25, 0.3) is 0 Å². The lowest BCUT2D eigenvalue weighted by molar-refractivity contribution is 1.07. The fourth-order valence-electron chi connectivity index (χ4n) is 5.01. The Morgan fingerprint density at radius 1 is 0.700 bits per heavy atom. The van der Waals surface area contributed by atoms with E-state index in [0.29, 0.717) is 17.5 Å². The molecule has 192 valence electrons. The second kappa shape index (κ2) is 10.6. The molecule has 7 rings (SSSR count). The molecule has 1 aliphatic rings. The van der Waals surface area contributed by atoms with Gasteiger partial charge in [0.1, 0.15) is 0 Å². The minimum absolute atomic E-state index is 0.636. The van der Waals surface area contributed by atoms with Crippen LogP contribution in [-0.2, 0) is 0 Å². The number of hydrogen-bond donors (Lipinski definition) is 0. The van der Waals surface area contributed by atoms with Crippen molar-refractivity contribution in [3.05, 3.63) is 126 Å². The normalized spacial score (nSPS) is 15.6. The molecule has 6 heteroatoms. The molecule has 0 atom stereocenters. The van der Waals surface area contributed by atoms with Gasteiger partial charge in [0.2, 0.25) is 0 Å². The lowest BCUT2D eigenvalue weighted by Crippen LogP contribution is -2.02. The van der Waals surface area contributed by atoms with Crippen LogP contribution in [0.4, 0.5) is 0 Å². The fourth-order valence-corrected chi connectivity index (χ4v) is 7.62. The highest BCUT2D eigenvalue weighted by molar-refractivity contribution is 9.11. The SMILES string of the molecule is C=C1/C=C(Br)\C=C/CSc2cccc(-c3nc(-c4ccccc4)nc(-c4cccc5c4sc4ccccc45)n3)c21. The Bertz CT molecular complexity index is 1990. The van der Waals surface area contributed by atoms with Crippen LogP contribution in [-0.4, -0.2) is 20.7 Å². The Kier molecular flexibility index (Phi) is 6.68. The van der Waals surface area contributed by atoms with E-state index >= 15 is 0 Å². The summed E-state index contributed by atoms with van der Waals surface area (Å²) in [6.07, 6.45) is 6.29. The Morgan fingerprint density at radius 3 is 2.27 bits per heavy atom. The minimum atomic E-state index is 0.636. The van der Waals surface area contributed by atoms with Crippen LogP contribution >= 0.6 is 39.0 Å². The predicted octanol–water partition coefficient (Wildman–Crippen LogP) is 10.2. The van der Waals surface area contributed by atoms with Crippen molar-refractivity contribution in [3.63, 3.8) is 0 Å². The van der Waals surface area contributed by atoms with E-state index in [1.807, 2.05) is 30.3 Å². The summed E-state index contributed by atoms with van der Waals surface area (Å²) in [5, 5.41) is 2.47. The first kappa shape index (κ1) is 25.1. The van der Waals surface area contributed by atoms with E-state index < -0.39 is 0 Å². The van der Waals surface area contributed by atoms with Gasteiger partial charge in [-0.15, -0.1) is 23.1 Å². The maximum absolute atomic E-state index is 5.14. The van der Waals surface area contributed by atoms with Gasteiger partial charge in [0.05, 0.1) is 0 Å². The van der Waals surface area contributed by atoms with Crippen molar-refractivity contribution < 1.29 is 0 Å². The molecule has 3 heterocycles. The summed E-state index contributed by atoms with van der Waals surface area (Å²) in [5.41, 5.74) is 4.86. The number of halogens is 1. The smallest absolute Gasteiger partial charge is 0.165 e. The molecular formula is C34H22BrN3S2. The molecule has 4 aromatic carbocycles. The zero-order chi connectivity index (χ0) is 27.1. The second-order valence-corrected chi connectivity index (χ2v) is 12.4. The van der Waals surface area contributed by atoms with Crippen LogP contribution in [0.2, 0.25) is 0 Å². The lowest BCUT2D eigenvalue weighted by atomic mass is 9.99. The largest absolute Gasteiger partial charge is 0.208 e. The van der Waals surface area contributed by atoms with E-state index in [1.54, 1.807) is 23.1 Å². The van der Waals surface area contributed by atoms with E-state index in [0.717, 1.165) is 43.0 Å². The van der Waals surface area contributed by atoms with Gasteiger partial charge in [-0.1, -0.05) is 107 Å². The predicted molar refractivity (Wildman–Crippen MR) is 175 cm³/mol. The number of allylic oxidation sites excluding steroid dienone is 4. The van der Waals surface area contributed by atoms with Gasteiger partial charge in [-0.2, -0.15) is 0 Å². The van der Waals surface area contributed by atoms with E-state index in [4.69, 9.17) is 15.0 Å². The van der Waals surface area contributed by atoms with E-state index in [2.05, 4.69) is 101 Å². The highest BCUT2D eigenvalue weighted by Gasteiger charge is 2.20. The molecule has 0 saturated carbocycles. The average molecular weight is 617 g/mol. The van der Waals surface area contributed by atoms with Crippen LogP contribution < -0.4 is 0 Å². The van der Waals surface area contributed by atoms with Gasteiger partial charge in [-0.05, 0) is 29.8 Å². The third-order valence-electron chi connectivity index (χ3n) is 6.83. The molecule has 0 fully saturated rings. The van der Waals surface area contributed by atoms with Gasteiger partial charge < -0.3 is 0 Å². The molecule has 0 amide bonds. The molecular weight excluding hydrogens is 594 g/mol. The number of nitrogens with zero attached hydrogens (tertiary/aromatic N) is 3. The molecule has 0 radical (unpaired) electrons. The first-order valence-electron chi connectivity index (χ1n) is 12.9. The molecule has 0 aliphatic carbocycles. The average Bonchev–Trinajstić information content (AvgIpc) is 3.40. The van der Waals surface area contributed by atoms with Crippen molar-refractivity contribution in [1.82, 2.24) is 15.0 Å². The Balaban J connectivity index is 1.50. The number of aromatic nitrogens is 3. The molecule has 1 aliphatic heterocycles. The molecule has 0 spiro atoms. The molecule has 3 nitrogen and oxygen atoms in total. The Morgan fingerprint density at radius 2 is 1.40 bits per heavy atom. The molecule has 0 N–H and O–H groups in total. The summed E-state index contributed by atoms with van der Waals surface area (Å²) in [7, 11) is 0. The zero-order valence-corrected chi connectivity index (χ0v) is 24.6. The number of fused-ring (bicyclic) bond motifs is 4. The van der Waals surface area contributed by atoms with Crippen LogP contribution in [0.5, 0.6) is 0 Å². The summed E-state index contributed by atoms with van der Waals surface area (Å²) in [5.74, 6) is 2.81. The summed E-state index contributed by atoms with van der Waals surface area (Å²) in [6, 6.07) is 31.4. The summed E-state index contributed by atoms with van der Waals surface area (Å²) < 4.78 is 3.42. The summed E-state index contributed by atoms with van der Waals surface area (Å²) >= 11 is 7.23. The molecule has 0 bridgehead atoms. The highest BCUT2D eigenvalue weighted by atomic mass is 79.9. The number of rotatable bonds is 3. The van der Waals surface area contributed by atoms with E-state index in [9.17, 15) is 0 Å². The van der Waals surface area contributed by atoms with Gasteiger partial charge in [0.15, 0.2) is 17.5 Å². The van der Waals surface area contributed by atoms with Crippen LogP contribution in [0.25, 0.3) is 59.9 Å². The topological polar surface area (TPSA) is 38.7 Å². The third-order valence-corrected chi connectivity index (χ3v) is 9.55. The molecule has 0 saturated heterocycles. The molecule has 40 heavy (non-hydrogen) atoms. The van der Waals surface area contributed by atoms with Crippen LogP contribution in [0.1, 0.15) is 5.56 Å². The third kappa shape index (κ3) is 4.62. The molecule has 6 aromatic rings. The minimum Gasteiger partial charge on any atom is -0.208 e. The van der Waals surface area contributed by atoms with Gasteiger partial charge in [-0.25, -0.2) is 15.0 Å². The molecule has 2 aromatic heterocycles. The quantitative estimate of drug-likeness (QED) is 0.198. The first-order chi connectivity index (χ1) is 19.7. The van der Waals surface area contributed by atoms with Crippen LogP contribution in [0, 0.1) is 0 Å². The van der Waals surface area contributed by atoms with E-state index in [-0.39, 0.29) is 0 Å². The van der Waals surface area contributed by atoms with Crippen molar-refractivity contribution in [1.29, 1.82) is 0 Å². The van der Waals surface area contributed by atoms with Crippen LogP contribution in [0.15, 0.2) is 125 Å². The number of thioether (sulfide) groups is 1. The second-order valence-electron chi connectivity index (χ2n) is 9.40. The Labute approximate surface area is 249 Å². The standard InChI is InChI=1S/C34H22BrN3S2/c1-21-20-23(35)12-9-19-39-29-18-8-15-26(30(21)29)33-36-32(22-10-3-2-4-11-22)37-34(38-33)27-16-7-14-25-24-13-5-6-17-28(24)40-31(25)27/h2-18,20H,1,19H2/b12-9-,23-20+. The van der Waals surface area contributed by atoms with Crippen LogP contribution in [0.3, 0.4) is 0 Å². The Hall–Kier alpha value is -3.84. The number of thiophene rings is 1. The van der Waals surface area contributed by atoms with Crippen molar-refractivity contribution in [2.45, 2.75) is 4.90 Å². The van der Waals surface area contributed by atoms with Crippen molar-refractivity contribution in [3.8, 4) is 34.2 Å². The monoisotopic (exact) mass is 615 g/mol.